The molecule has 1 aromatic rings. The Balaban J connectivity index is 2.80. The molecule has 1 aromatic heterocycles. The molecule has 5 heteroatoms. The monoisotopic (exact) mass is 254 g/mol. The van der Waals surface area contributed by atoms with Crippen LogP contribution in [0.25, 0.3) is 0 Å². The van der Waals surface area contributed by atoms with Gasteiger partial charge in [0.25, 0.3) is 0 Å². The Labute approximate surface area is 106 Å². The fraction of sp³-hybridized carbons (Fsp3) is 0.500. The fourth-order valence-electron chi connectivity index (χ4n) is 1.15. The second kappa shape index (κ2) is 5.31. The number of nitrogens with one attached hydrogen (secondary N) is 1. The minimum Gasteiger partial charge on any atom is -0.456 e. The summed E-state index contributed by atoms with van der Waals surface area (Å²) in [5.41, 5.74) is 0.207. The summed E-state index contributed by atoms with van der Waals surface area (Å²) < 4.78 is 5.31. The van der Waals surface area contributed by atoms with Gasteiger partial charge in [-0.25, -0.2) is 9.78 Å². The van der Waals surface area contributed by atoms with Crippen LogP contribution in [0.15, 0.2) is 12.7 Å². The molecule has 0 saturated heterocycles. The Kier molecular flexibility index (Phi) is 4.28. The lowest BCUT2D eigenvalue weighted by Crippen LogP contribution is -2.23. The molecular weight excluding hydrogens is 236 g/mol. The fourth-order valence-corrected chi connectivity index (χ4v) is 2.00. The van der Waals surface area contributed by atoms with E-state index in [1.807, 2.05) is 20.8 Å². The van der Waals surface area contributed by atoms with Crippen LogP contribution in [0.5, 0.6) is 0 Å². The Morgan fingerprint density at radius 2 is 2.24 bits per heavy atom. The number of esters is 1. The molecule has 0 radical (unpaired) electrons. The lowest BCUT2D eigenvalue weighted by molar-refractivity contribution is 0.00742. The molecule has 0 atom stereocenters. The molecule has 0 spiro atoms. The number of aryl methyl sites for hydroxylation is 1. The molecule has 4 nitrogen and oxygen atoms in total. The SMILES string of the molecule is C=CCNc1nc(C)c(C(=O)OC(C)(C)C)s1. The van der Waals surface area contributed by atoms with Crippen molar-refractivity contribution in [1.82, 2.24) is 4.98 Å². The van der Waals surface area contributed by atoms with Gasteiger partial charge in [0.1, 0.15) is 10.5 Å². The van der Waals surface area contributed by atoms with Crippen molar-refractivity contribution in [2.45, 2.75) is 33.3 Å². The van der Waals surface area contributed by atoms with Gasteiger partial charge in [0.15, 0.2) is 5.13 Å². The number of aromatic nitrogens is 1. The number of thiazole rings is 1. The topological polar surface area (TPSA) is 51.2 Å². The third-order valence-corrected chi connectivity index (χ3v) is 2.87. The van der Waals surface area contributed by atoms with Crippen LogP contribution in [0.3, 0.4) is 0 Å². The van der Waals surface area contributed by atoms with Gasteiger partial charge in [-0.05, 0) is 27.7 Å². The smallest absolute Gasteiger partial charge is 0.350 e. The first-order chi connectivity index (χ1) is 7.83. The van der Waals surface area contributed by atoms with E-state index in [4.69, 9.17) is 4.74 Å². The summed E-state index contributed by atoms with van der Waals surface area (Å²) in [7, 11) is 0. The van der Waals surface area contributed by atoms with Crippen LogP contribution in [-0.4, -0.2) is 23.1 Å². The molecule has 94 valence electrons. The second-order valence-electron chi connectivity index (χ2n) is 4.61. The van der Waals surface area contributed by atoms with Crippen LogP contribution in [0.2, 0.25) is 0 Å². The molecule has 0 amide bonds. The van der Waals surface area contributed by atoms with Crippen LogP contribution in [0.4, 0.5) is 5.13 Å². The van der Waals surface area contributed by atoms with Gasteiger partial charge in [-0.3, -0.25) is 0 Å². The Morgan fingerprint density at radius 3 is 2.76 bits per heavy atom. The number of anilines is 1. The molecule has 0 aliphatic heterocycles. The number of hydrogen-bond acceptors (Lipinski definition) is 5. The molecular formula is C12H18N2O2S. The van der Waals surface area contributed by atoms with Crippen molar-refractivity contribution in [1.29, 1.82) is 0 Å². The Morgan fingerprint density at radius 1 is 1.59 bits per heavy atom. The van der Waals surface area contributed by atoms with Crippen molar-refractivity contribution in [2.75, 3.05) is 11.9 Å². The first kappa shape index (κ1) is 13.7. The molecule has 0 aliphatic rings. The maximum Gasteiger partial charge on any atom is 0.350 e. The summed E-state index contributed by atoms with van der Waals surface area (Å²) in [4.78, 5) is 16.7. The van der Waals surface area contributed by atoms with Crippen molar-refractivity contribution < 1.29 is 9.53 Å². The highest BCUT2D eigenvalue weighted by atomic mass is 32.1. The van der Waals surface area contributed by atoms with Gasteiger partial charge in [0, 0.05) is 6.54 Å². The predicted octanol–water partition coefficient (Wildman–Crippen LogP) is 3.00. The zero-order valence-corrected chi connectivity index (χ0v) is 11.5. The van der Waals surface area contributed by atoms with E-state index < -0.39 is 5.60 Å². The number of hydrogen-bond donors (Lipinski definition) is 1. The van der Waals surface area contributed by atoms with Gasteiger partial charge in [0.05, 0.1) is 5.69 Å². The molecule has 1 rings (SSSR count). The third kappa shape index (κ3) is 4.19. The van der Waals surface area contributed by atoms with Crippen LogP contribution < -0.4 is 5.32 Å². The van der Waals surface area contributed by atoms with E-state index in [1.54, 1.807) is 13.0 Å². The average Bonchev–Trinajstić information content (AvgIpc) is 2.54. The van der Waals surface area contributed by atoms with Gasteiger partial charge < -0.3 is 10.1 Å². The van der Waals surface area contributed by atoms with Gasteiger partial charge in [-0.2, -0.15) is 0 Å². The molecule has 0 unspecified atom stereocenters. The summed E-state index contributed by atoms with van der Waals surface area (Å²) in [6.45, 7) is 11.6. The maximum atomic E-state index is 11.9. The molecule has 0 fully saturated rings. The second-order valence-corrected chi connectivity index (χ2v) is 5.60. The highest BCUT2D eigenvalue weighted by Gasteiger charge is 2.22. The molecule has 0 saturated carbocycles. The molecule has 0 aromatic carbocycles. The highest BCUT2D eigenvalue weighted by Crippen LogP contribution is 2.24. The zero-order valence-electron chi connectivity index (χ0n) is 10.7. The largest absolute Gasteiger partial charge is 0.456 e. The summed E-state index contributed by atoms with van der Waals surface area (Å²) >= 11 is 1.30. The van der Waals surface area contributed by atoms with Crippen LogP contribution >= 0.6 is 11.3 Å². The molecule has 0 aliphatic carbocycles. The van der Waals surface area contributed by atoms with Crippen LogP contribution in [0.1, 0.15) is 36.1 Å². The van der Waals surface area contributed by atoms with Crippen molar-refractivity contribution in [2.24, 2.45) is 0 Å². The van der Waals surface area contributed by atoms with E-state index in [0.29, 0.717) is 22.2 Å². The lowest BCUT2D eigenvalue weighted by atomic mass is 10.2. The predicted molar refractivity (Wildman–Crippen MR) is 70.7 cm³/mol. The van der Waals surface area contributed by atoms with Crippen molar-refractivity contribution in [3.05, 3.63) is 23.2 Å². The van der Waals surface area contributed by atoms with Gasteiger partial charge >= 0.3 is 5.97 Å². The van der Waals surface area contributed by atoms with Crippen molar-refractivity contribution in [3.63, 3.8) is 0 Å². The van der Waals surface area contributed by atoms with Crippen molar-refractivity contribution >= 4 is 22.4 Å². The van der Waals surface area contributed by atoms with E-state index in [2.05, 4.69) is 16.9 Å². The molecule has 1 N–H and O–H groups in total. The number of carbonyl (C=O) groups is 1. The van der Waals surface area contributed by atoms with Gasteiger partial charge in [-0.15, -0.1) is 6.58 Å². The normalized spacial score (nSPS) is 11.1. The maximum absolute atomic E-state index is 11.9. The summed E-state index contributed by atoms with van der Waals surface area (Å²) in [5.74, 6) is -0.320. The molecule has 0 bridgehead atoms. The zero-order chi connectivity index (χ0) is 13.1. The van der Waals surface area contributed by atoms with E-state index in [0.717, 1.165) is 0 Å². The molecule has 17 heavy (non-hydrogen) atoms. The van der Waals surface area contributed by atoms with E-state index >= 15 is 0 Å². The van der Waals surface area contributed by atoms with Crippen LogP contribution in [-0.2, 0) is 4.74 Å². The first-order valence-corrected chi connectivity index (χ1v) is 6.20. The minimum atomic E-state index is -0.484. The van der Waals surface area contributed by atoms with E-state index in [9.17, 15) is 4.79 Å². The summed E-state index contributed by atoms with van der Waals surface area (Å²) in [6.07, 6.45) is 1.74. The Bertz CT molecular complexity index is 419. The highest BCUT2D eigenvalue weighted by molar-refractivity contribution is 7.17. The quantitative estimate of drug-likeness (QED) is 0.663. The number of nitrogens with zero attached hydrogens (tertiary/aromatic N) is 1. The number of ether oxygens (including phenoxy) is 1. The number of rotatable bonds is 4. The van der Waals surface area contributed by atoms with Gasteiger partial charge in [0.2, 0.25) is 0 Å². The standard InChI is InChI=1S/C12H18N2O2S/c1-6-7-13-11-14-8(2)9(17-11)10(15)16-12(3,4)5/h6H,1,7H2,2-5H3,(H,13,14). The summed E-state index contributed by atoms with van der Waals surface area (Å²) in [6, 6.07) is 0. The van der Waals surface area contributed by atoms with Gasteiger partial charge in [-0.1, -0.05) is 17.4 Å². The molecule has 1 heterocycles. The minimum absolute atomic E-state index is 0.320. The first-order valence-electron chi connectivity index (χ1n) is 5.39. The summed E-state index contributed by atoms with van der Waals surface area (Å²) in [5, 5.41) is 3.77. The number of carbonyl (C=O) groups excluding carboxylic acids is 1. The van der Waals surface area contributed by atoms with Crippen LogP contribution in [0, 0.1) is 6.92 Å². The Hall–Kier alpha value is -1.36. The van der Waals surface area contributed by atoms with E-state index in [1.165, 1.54) is 11.3 Å². The average molecular weight is 254 g/mol. The van der Waals surface area contributed by atoms with Crippen molar-refractivity contribution in [3.8, 4) is 0 Å². The lowest BCUT2D eigenvalue weighted by Gasteiger charge is -2.18. The van der Waals surface area contributed by atoms with E-state index in [-0.39, 0.29) is 5.97 Å². The third-order valence-electron chi connectivity index (χ3n) is 1.78.